The highest BCUT2D eigenvalue weighted by molar-refractivity contribution is 7.10. The number of hydrogen-bond donors (Lipinski definition) is 0. The molecule has 2 aromatic rings. The number of methoxy groups -OCH3 is 1. The van der Waals surface area contributed by atoms with Crippen LogP contribution in [0.4, 0.5) is 0 Å². The lowest BCUT2D eigenvalue weighted by molar-refractivity contribution is -0.140. The fourth-order valence-corrected chi connectivity index (χ4v) is 2.45. The molecule has 0 aliphatic carbocycles. The van der Waals surface area contributed by atoms with Crippen molar-refractivity contribution < 1.29 is 19.1 Å². The molecule has 1 aromatic carbocycles. The SMILES string of the molecule is COC(=O)CCc1sccc1OC(=O)c1ccccc1. The van der Waals surface area contributed by atoms with Crippen molar-refractivity contribution in [3.63, 3.8) is 0 Å². The molecule has 0 saturated heterocycles. The van der Waals surface area contributed by atoms with E-state index in [1.54, 1.807) is 30.3 Å². The smallest absolute Gasteiger partial charge is 0.343 e. The zero-order chi connectivity index (χ0) is 14.4. The first kappa shape index (κ1) is 14.3. The van der Waals surface area contributed by atoms with E-state index in [0.717, 1.165) is 4.88 Å². The van der Waals surface area contributed by atoms with Crippen LogP contribution in [-0.2, 0) is 16.0 Å². The second kappa shape index (κ2) is 6.86. The van der Waals surface area contributed by atoms with Gasteiger partial charge in [-0.05, 0) is 30.0 Å². The van der Waals surface area contributed by atoms with Gasteiger partial charge in [0.05, 0.1) is 19.1 Å². The monoisotopic (exact) mass is 290 g/mol. The molecule has 2 rings (SSSR count). The molecule has 0 atom stereocenters. The van der Waals surface area contributed by atoms with E-state index < -0.39 is 5.97 Å². The van der Waals surface area contributed by atoms with Crippen LogP contribution in [0.15, 0.2) is 41.8 Å². The first-order valence-electron chi connectivity index (χ1n) is 6.11. The molecule has 1 heterocycles. The number of esters is 2. The van der Waals surface area contributed by atoms with Crippen LogP contribution >= 0.6 is 11.3 Å². The van der Waals surface area contributed by atoms with Crippen LogP contribution in [0.25, 0.3) is 0 Å². The molecule has 0 amide bonds. The maximum absolute atomic E-state index is 11.9. The van der Waals surface area contributed by atoms with E-state index in [9.17, 15) is 9.59 Å². The maximum atomic E-state index is 11.9. The van der Waals surface area contributed by atoms with Crippen LogP contribution in [0.2, 0.25) is 0 Å². The number of thiophene rings is 1. The highest BCUT2D eigenvalue weighted by atomic mass is 32.1. The normalized spacial score (nSPS) is 10.1. The van der Waals surface area contributed by atoms with Gasteiger partial charge in [-0.1, -0.05) is 18.2 Å². The van der Waals surface area contributed by atoms with Crippen LogP contribution in [0.1, 0.15) is 21.7 Å². The molecule has 0 radical (unpaired) electrons. The molecule has 0 aliphatic heterocycles. The van der Waals surface area contributed by atoms with Crippen LogP contribution in [-0.4, -0.2) is 19.0 Å². The summed E-state index contributed by atoms with van der Waals surface area (Å²) in [7, 11) is 1.35. The average Bonchev–Trinajstić information content (AvgIpc) is 2.92. The Hall–Kier alpha value is -2.14. The van der Waals surface area contributed by atoms with Crippen LogP contribution in [0.5, 0.6) is 5.75 Å². The minimum absolute atomic E-state index is 0.271. The van der Waals surface area contributed by atoms with Crippen LogP contribution < -0.4 is 4.74 Å². The van der Waals surface area contributed by atoms with Gasteiger partial charge in [-0.3, -0.25) is 4.79 Å². The van der Waals surface area contributed by atoms with Gasteiger partial charge in [-0.15, -0.1) is 11.3 Å². The molecule has 1 aromatic heterocycles. The maximum Gasteiger partial charge on any atom is 0.343 e. The van der Waals surface area contributed by atoms with E-state index in [0.29, 0.717) is 17.7 Å². The summed E-state index contributed by atoms with van der Waals surface area (Å²) in [6.07, 6.45) is 0.772. The molecule has 20 heavy (non-hydrogen) atoms. The van der Waals surface area contributed by atoms with Crippen molar-refractivity contribution >= 4 is 23.3 Å². The number of hydrogen-bond acceptors (Lipinski definition) is 5. The Labute approximate surface area is 121 Å². The van der Waals surface area contributed by atoms with Gasteiger partial charge in [-0.2, -0.15) is 0 Å². The Morgan fingerprint density at radius 2 is 1.90 bits per heavy atom. The fraction of sp³-hybridized carbons (Fsp3) is 0.200. The number of aryl methyl sites for hydroxylation is 1. The summed E-state index contributed by atoms with van der Waals surface area (Å²) in [4.78, 5) is 23.9. The Kier molecular flexibility index (Phi) is 4.90. The lowest BCUT2D eigenvalue weighted by Crippen LogP contribution is -2.09. The van der Waals surface area contributed by atoms with Gasteiger partial charge >= 0.3 is 11.9 Å². The van der Waals surface area contributed by atoms with Gasteiger partial charge < -0.3 is 9.47 Å². The quantitative estimate of drug-likeness (QED) is 0.794. The molecule has 0 N–H and O–H groups in total. The molecule has 5 heteroatoms. The van der Waals surface area contributed by atoms with E-state index >= 15 is 0 Å². The third-order valence-electron chi connectivity index (χ3n) is 2.70. The van der Waals surface area contributed by atoms with E-state index in [2.05, 4.69) is 4.74 Å². The average molecular weight is 290 g/mol. The highest BCUT2D eigenvalue weighted by Gasteiger charge is 2.13. The fourth-order valence-electron chi connectivity index (χ4n) is 1.65. The standard InChI is InChI=1S/C15H14O4S/c1-18-14(16)8-7-13-12(9-10-20-13)19-15(17)11-5-3-2-4-6-11/h2-6,9-10H,7-8H2,1H3. The molecule has 0 spiro atoms. The highest BCUT2D eigenvalue weighted by Crippen LogP contribution is 2.27. The van der Waals surface area contributed by atoms with Crippen molar-refractivity contribution in [2.45, 2.75) is 12.8 Å². The van der Waals surface area contributed by atoms with Crippen molar-refractivity contribution in [2.75, 3.05) is 7.11 Å². The number of benzene rings is 1. The van der Waals surface area contributed by atoms with Gasteiger partial charge in [0.2, 0.25) is 0 Å². The first-order valence-corrected chi connectivity index (χ1v) is 6.99. The van der Waals surface area contributed by atoms with E-state index in [4.69, 9.17) is 4.74 Å². The summed E-state index contributed by atoms with van der Waals surface area (Å²) in [5.41, 5.74) is 0.498. The number of ether oxygens (including phenoxy) is 2. The molecule has 0 unspecified atom stereocenters. The number of rotatable bonds is 5. The second-order valence-electron chi connectivity index (χ2n) is 4.04. The molecule has 0 saturated carbocycles. The topological polar surface area (TPSA) is 52.6 Å². The van der Waals surface area contributed by atoms with Crippen molar-refractivity contribution in [1.29, 1.82) is 0 Å². The third kappa shape index (κ3) is 3.68. The molecule has 104 valence electrons. The van der Waals surface area contributed by atoms with E-state index in [1.165, 1.54) is 18.4 Å². The summed E-state index contributed by atoms with van der Waals surface area (Å²) in [5.74, 6) is -0.171. The van der Waals surface area contributed by atoms with Gasteiger partial charge in [-0.25, -0.2) is 4.79 Å². The summed E-state index contributed by atoms with van der Waals surface area (Å²) in [5, 5.41) is 1.83. The van der Waals surface area contributed by atoms with Gasteiger partial charge in [0, 0.05) is 4.88 Å². The first-order chi connectivity index (χ1) is 9.70. The molecule has 0 fully saturated rings. The zero-order valence-electron chi connectivity index (χ0n) is 11.0. The Morgan fingerprint density at radius 3 is 2.60 bits per heavy atom. The third-order valence-corrected chi connectivity index (χ3v) is 3.66. The molecular formula is C15H14O4S. The summed E-state index contributed by atoms with van der Waals surface area (Å²) in [6, 6.07) is 10.5. The molecular weight excluding hydrogens is 276 g/mol. The van der Waals surface area contributed by atoms with Crippen molar-refractivity contribution in [3.05, 3.63) is 52.2 Å². The Bertz CT molecular complexity index is 589. The van der Waals surface area contributed by atoms with Crippen molar-refractivity contribution in [3.8, 4) is 5.75 Å². The van der Waals surface area contributed by atoms with Gasteiger partial charge in [0.1, 0.15) is 5.75 Å². The Balaban J connectivity index is 2.02. The van der Waals surface area contributed by atoms with E-state index in [-0.39, 0.29) is 12.4 Å². The lowest BCUT2D eigenvalue weighted by atomic mass is 10.2. The number of carbonyl (C=O) groups excluding carboxylic acids is 2. The van der Waals surface area contributed by atoms with E-state index in [1.807, 2.05) is 11.4 Å². The van der Waals surface area contributed by atoms with Gasteiger partial charge in [0.25, 0.3) is 0 Å². The van der Waals surface area contributed by atoms with Crippen LogP contribution in [0, 0.1) is 0 Å². The summed E-state index contributed by atoms with van der Waals surface area (Å²) in [6.45, 7) is 0. The second-order valence-corrected chi connectivity index (χ2v) is 5.04. The molecule has 4 nitrogen and oxygen atoms in total. The van der Waals surface area contributed by atoms with Gasteiger partial charge in [0.15, 0.2) is 0 Å². The number of carbonyl (C=O) groups is 2. The molecule has 0 aliphatic rings. The summed E-state index contributed by atoms with van der Waals surface area (Å²) >= 11 is 1.45. The zero-order valence-corrected chi connectivity index (χ0v) is 11.8. The molecule has 0 bridgehead atoms. The minimum atomic E-state index is -0.400. The predicted molar refractivity (Wildman–Crippen MR) is 76.1 cm³/mol. The Morgan fingerprint density at radius 1 is 1.15 bits per heavy atom. The largest absolute Gasteiger partial charge is 0.469 e. The predicted octanol–water partition coefficient (Wildman–Crippen LogP) is 3.07. The van der Waals surface area contributed by atoms with Crippen LogP contribution in [0.3, 0.4) is 0 Å². The lowest BCUT2D eigenvalue weighted by Gasteiger charge is -2.05. The van der Waals surface area contributed by atoms with Crippen molar-refractivity contribution in [2.24, 2.45) is 0 Å². The van der Waals surface area contributed by atoms with Crippen molar-refractivity contribution in [1.82, 2.24) is 0 Å². The minimum Gasteiger partial charge on any atom is -0.469 e. The summed E-state index contributed by atoms with van der Waals surface area (Å²) < 4.78 is 9.95.